The number of amides is 1. The lowest BCUT2D eigenvalue weighted by atomic mass is 9.95. The molecule has 1 atom stereocenters. The van der Waals surface area contributed by atoms with Crippen LogP contribution in [-0.2, 0) is 5.60 Å². The van der Waals surface area contributed by atoms with Crippen molar-refractivity contribution >= 4 is 17.2 Å². The second kappa shape index (κ2) is 6.10. The Morgan fingerprint density at radius 2 is 2.23 bits per heavy atom. The molecule has 1 aromatic heterocycles. The molecule has 2 aromatic rings. The Labute approximate surface area is 133 Å². The minimum atomic E-state index is -0.956. The molecule has 1 amide bonds. The Bertz CT molecular complexity index is 652. The second-order valence-electron chi connectivity index (χ2n) is 5.59. The number of aliphatic hydroxyl groups is 1. The molecule has 2 N–H and O–H groups in total. The molecule has 3 rings (SSSR count). The number of carbonyl (C=O) groups excluding carboxylic acids is 1. The van der Waals surface area contributed by atoms with Crippen LogP contribution in [-0.4, -0.2) is 24.7 Å². The number of rotatable bonds is 6. The van der Waals surface area contributed by atoms with Crippen molar-refractivity contribution in [3.63, 3.8) is 0 Å². The van der Waals surface area contributed by atoms with Crippen molar-refractivity contribution in [2.75, 3.05) is 13.7 Å². The molecule has 1 aliphatic carbocycles. The normalized spacial score (nSPS) is 16.8. The van der Waals surface area contributed by atoms with Gasteiger partial charge in [0.1, 0.15) is 11.4 Å². The van der Waals surface area contributed by atoms with Crippen LogP contribution in [0.15, 0.2) is 41.8 Å². The van der Waals surface area contributed by atoms with Gasteiger partial charge in [0, 0.05) is 10.4 Å². The third kappa shape index (κ3) is 3.00. The van der Waals surface area contributed by atoms with Gasteiger partial charge in [0.05, 0.1) is 13.7 Å². The monoisotopic (exact) mass is 317 g/mol. The van der Waals surface area contributed by atoms with Crippen LogP contribution < -0.4 is 10.1 Å². The zero-order valence-electron chi connectivity index (χ0n) is 12.4. The predicted molar refractivity (Wildman–Crippen MR) is 86.3 cm³/mol. The van der Waals surface area contributed by atoms with E-state index in [0.29, 0.717) is 11.3 Å². The summed E-state index contributed by atoms with van der Waals surface area (Å²) in [5, 5.41) is 15.8. The minimum absolute atomic E-state index is 0.200. The van der Waals surface area contributed by atoms with Crippen LogP contribution in [0.1, 0.15) is 28.1 Å². The van der Waals surface area contributed by atoms with Crippen molar-refractivity contribution < 1.29 is 14.6 Å². The number of methoxy groups -OCH3 is 1. The van der Waals surface area contributed by atoms with E-state index in [0.717, 1.165) is 17.7 Å². The molecule has 1 fully saturated rings. The van der Waals surface area contributed by atoms with Gasteiger partial charge in [-0.1, -0.05) is 12.1 Å². The summed E-state index contributed by atoms with van der Waals surface area (Å²) < 4.78 is 5.13. The smallest absolute Gasteiger partial charge is 0.251 e. The summed E-state index contributed by atoms with van der Waals surface area (Å²) in [5.74, 6) is 0.676. The average Bonchev–Trinajstić information content (AvgIpc) is 3.27. The van der Waals surface area contributed by atoms with Gasteiger partial charge in [0.15, 0.2) is 0 Å². The number of ether oxygens (including phenoxy) is 1. The molecular formula is C17H19NO3S. The van der Waals surface area contributed by atoms with Crippen LogP contribution in [0, 0.1) is 5.92 Å². The van der Waals surface area contributed by atoms with E-state index in [9.17, 15) is 9.90 Å². The van der Waals surface area contributed by atoms with Crippen LogP contribution in [0.3, 0.4) is 0 Å². The van der Waals surface area contributed by atoms with Crippen molar-refractivity contribution in [1.82, 2.24) is 5.32 Å². The Morgan fingerprint density at radius 1 is 1.41 bits per heavy atom. The maximum absolute atomic E-state index is 12.3. The summed E-state index contributed by atoms with van der Waals surface area (Å²) in [4.78, 5) is 13.2. The SMILES string of the molecule is COc1cccc(C(=O)NCC(O)(c2cccs2)C2CC2)c1. The van der Waals surface area contributed by atoms with Crippen molar-refractivity contribution in [2.24, 2.45) is 5.92 Å². The highest BCUT2D eigenvalue weighted by Gasteiger charge is 2.45. The van der Waals surface area contributed by atoms with E-state index in [4.69, 9.17) is 4.74 Å². The maximum atomic E-state index is 12.3. The third-order valence-corrected chi connectivity index (χ3v) is 5.09. The van der Waals surface area contributed by atoms with E-state index in [-0.39, 0.29) is 18.4 Å². The van der Waals surface area contributed by atoms with Gasteiger partial charge in [-0.15, -0.1) is 11.3 Å². The Hall–Kier alpha value is -1.85. The molecule has 22 heavy (non-hydrogen) atoms. The quantitative estimate of drug-likeness (QED) is 0.861. The lowest BCUT2D eigenvalue weighted by Gasteiger charge is -2.27. The molecule has 0 radical (unpaired) electrons. The third-order valence-electron chi connectivity index (χ3n) is 4.05. The zero-order chi connectivity index (χ0) is 15.6. The van der Waals surface area contributed by atoms with Gasteiger partial charge < -0.3 is 15.2 Å². The highest BCUT2D eigenvalue weighted by Crippen LogP contribution is 2.46. The lowest BCUT2D eigenvalue weighted by molar-refractivity contribution is 0.0169. The van der Waals surface area contributed by atoms with Gasteiger partial charge in [-0.05, 0) is 48.4 Å². The lowest BCUT2D eigenvalue weighted by Crippen LogP contribution is -2.42. The standard InChI is InChI=1S/C17H19NO3S/c1-21-14-5-2-4-12(10-14)16(19)18-11-17(20,13-7-8-13)15-6-3-9-22-15/h2-6,9-10,13,20H,7-8,11H2,1H3,(H,18,19). The molecule has 4 nitrogen and oxygen atoms in total. The number of thiophene rings is 1. The van der Waals surface area contributed by atoms with Crippen LogP contribution in [0.25, 0.3) is 0 Å². The molecule has 1 aliphatic rings. The van der Waals surface area contributed by atoms with Crippen molar-refractivity contribution in [3.05, 3.63) is 52.2 Å². The highest BCUT2D eigenvalue weighted by atomic mass is 32.1. The van der Waals surface area contributed by atoms with E-state index in [2.05, 4.69) is 5.32 Å². The van der Waals surface area contributed by atoms with E-state index >= 15 is 0 Å². The predicted octanol–water partition coefficient (Wildman–Crippen LogP) is 2.78. The molecule has 0 saturated heterocycles. The van der Waals surface area contributed by atoms with Gasteiger partial charge in [-0.3, -0.25) is 4.79 Å². The summed E-state index contributed by atoms with van der Waals surface area (Å²) >= 11 is 1.53. The highest BCUT2D eigenvalue weighted by molar-refractivity contribution is 7.10. The first kappa shape index (κ1) is 15.1. The Balaban J connectivity index is 1.71. The summed E-state index contributed by atoms with van der Waals surface area (Å²) in [5.41, 5.74) is -0.424. The van der Waals surface area contributed by atoms with Gasteiger partial charge >= 0.3 is 0 Å². The van der Waals surface area contributed by atoms with Crippen molar-refractivity contribution in [2.45, 2.75) is 18.4 Å². The molecule has 1 aromatic carbocycles. The molecule has 1 unspecified atom stereocenters. The van der Waals surface area contributed by atoms with E-state index in [1.807, 2.05) is 17.5 Å². The molecule has 5 heteroatoms. The summed E-state index contributed by atoms with van der Waals surface area (Å²) in [6, 6.07) is 10.9. The molecule has 1 saturated carbocycles. The second-order valence-corrected chi connectivity index (χ2v) is 6.54. The topological polar surface area (TPSA) is 58.6 Å². The van der Waals surface area contributed by atoms with Crippen LogP contribution in [0.2, 0.25) is 0 Å². The van der Waals surface area contributed by atoms with E-state index in [1.165, 1.54) is 11.3 Å². The molecule has 116 valence electrons. The van der Waals surface area contributed by atoms with Crippen molar-refractivity contribution in [1.29, 1.82) is 0 Å². The first-order valence-corrected chi connectivity index (χ1v) is 8.20. The van der Waals surface area contributed by atoms with E-state index in [1.54, 1.807) is 31.4 Å². The van der Waals surface area contributed by atoms with Crippen molar-refractivity contribution in [3.8, 4) is 5.75 Å². The van der Waals surface area contributed by atoms with E-state index < -0.39 is 5.60 Å². The van der Waals surface area contributed by atoms with Gasteiger partial charge in [-0.25, -0.2) is 0 Å². The number of hydrogen-bond acceptors (Lipinski definition) is 4. The van der Waals surface area contributed by atoms with Crippen LogP contribution in [0.4, 0.5) is 0 Å². The Kier molecular flexibility index (Phi) is 4.18. The Morgan fingerprint density at radius 3 is 2.86 bits per heavy atom. The van der Waals surface area contributed by atoms with Gasteiger partial charge in [-0.2, -0.15) is 0 Å². The maximum Gasteiger partial charge on any atom is 0.251 e. The van der Waals surface area contributed by atoms with Crippen LogP contribution in [0.5, 0.6) is 5.75 Å². The van der Waals surface area contributed by atoms with Gasteiger partial charge in [0.25, 0.3) is 5.91 Å². The number of benzene rings is 1. The van der Waals surface area contributed by atoms with Gasteiger partial charge in [0.2, 0.25) is 0 Å². The summed E-state index contributed by atoms with van der Waals surface area (Å²) in [7, 11) is 1.57. The molecule has 0 aliphatic heterocycles. The summed E-state index contributed by atoms with van der Waals surface area (Å²) in [6.07, 6.45) is 2.01. The zero-order valence-corrected chi connectivity index (χ0v) is 13.2. The fourth-order valence-corrected chi connectivity index (χ4v) is 3.50. The first-order valence-electron chi connectivity index (χ1n) is 7.32. The largest absolute Gasteiger partial charge is 0.497 e. The average molecular weight is 317 g/mol. The molecule has 0 spiro atoms. The summed E-state index contributed by atoms with van der Waals surface area (Å²) in [6.45, 7) is 0.230. The number of nitrogens with one attached hydrogen (secondary N) is 1. The van der Waals surface area contributed by atoms with Crippen LogP contribution >= 0.6 is 11.3 Å². The molecule has 0 bridgehead atoms. The number of hydrogen-bond donors (Lipinski definition) is 2. The molecular weight excluding hydrogens is 298 g/mol. The minimum Gasteiger partial charge on any atom is -0.497 e. The molecule has 1 heterocycles. The fraction of sp³-hybridized carbons (Fsp3) is 0.353. The number of carbonyl (C=O) groups is 1. The fourth-order valence-electron chi connectivity index (χ4n) is 2.60. The first-order chi connectivity index (χ1) is 10.6.